The number of piperidine rings is 2. The molecule has 45 heavy (non-hydrogen) atoms. The van der Waals surface area contributed by atoms with E-state index in [0.717, 1.165) is 37.2 Å². The van der Waals surface area contributed by atoms with Gasteiger partial charge in [0.1, 0.15) is 0 Å². The molecule has 3 aliphatic heterocycles. The molecule has 2 saturated heterocycles. The second-order valence-corrected chi connectivity index (χ2v) is 14.0. The van der Waals surface area contributed by atoms with Gasteiger partial charge in [0.15, 0.2) is 5.78 Å². The topological polar surface area (TPSA) is 112 Å². The molecule has 3 aromatic rings. The van der Waals surface area contributed by atoms with Crippen LogP contribution in [-0.2, 0) is 11.3 Å². The van der Waals surface area contributed by atoms with Gasteiger partial charge in [-0.25, -0.2) is 4.79 Å². The Labute approximate surface area is 280 Å². The van der Waals surface area contributed by atoms with Crippen molar-refractivity contribution in [3.8, 4) is 0 Å². The molecule has 2 fully saturated rings. The van der Waals surface area contributed by atoms with Crippen molar-refractivity contribution in [2.24, 2.45) is 5.92 Å². The number of halogens is 2. The van der Waals surface area contributed by atoms with Crippen molar-refractivity contribution in [1.82, 2.24) is 19.7 Å². The van der Waals surface area contributed by atoms with E-state index in [9.17, 15) is 14.4 Å². The molecule has 1 unspecified atom stereocenters. The van der Waals surface area contributed by atoms with E-state index in [1.807, 2.05) is 46.5 Å². The van der Waals surface area contributed by atoms with E-state index >= 15 is 0 Å². The van der Waals surface area contributed by atoms with Crippen molar-refractivity contribution in [2.75, 3.05) is 43.8 Å². The number of rotatable bonds is 8. The number of anilines is 2. The number of nitrogens with zero attached hydrogens (tertiary/aromatic N) is 4. The molecule has 4 heterocycles. The van der Waals surface area contributed by atoms with Crippen molar-refractivity contribution < 1.29 is 14.4 Å². The van der Waals surface area contributed by atoms with Crippen molar-refractivity contribution in [2.45, 2.75) is 50.6 Å². The third-order valence-corrected chi connectivity index (χ3v) is 10.8. The molecule has 1 atom stereocenters. The molecule has 0 aliphatic carbocycles. The van der Waals surface area contributed by atoms with Crippen LogP contribution in [0, 0.1) is 5.92 Å². The number of hydrogen-bond acceptors (Lipinski definition) is 6. The molecule has 11 heteroatoms. The van der Waals surface area contributed by atoms with E-state index in [1.165, 1.54) is 5.56 Å². The number of carbonyl (C=O) groups is 3. The minimum Gasteiger partial charge on any atom is -0.397 e. The first-order valence-corrected chi connectivity index (χ1v) is 17.2. The number of nitrogen functional groups attached to an aromatic ring is 1. The quantitative estimate of drug-likeness (QED) is 0.208. The van der Waals surface area contributed by atoms with Crippen LogP contribution in [0.1, 0.15) is 59.5 Å². The van der Waals surface area contributed by atoms with Gasteiger partial charge in [-0.2, -0.15) is 0 Å². The second-order valence-electron chi connectivity index (χ2n) is 12.3. The first kappa shape index (κ1) is 31.7. The standard InChI is InChI=1S/C34H38Br2N6O3/c35-28-17-25(18-29(36)32(28)37)33(44)26(20-40-13-7-23(8-14-40)22-5-11-38-12-6-22)19-31(43)41-15-9-27(10-16-41)42-21-24-3-1-2-4-30(24)39-34(42)45/h1-6,11-12,17-18,23,26-27H,7-10,13-16,19-21,37H2,(H,39,45). The van der Waals surface area contributed by atoms with Gasteiger partial charge < -0.3 is 25.8 Å². The SMILES string of the molecule is Nc1c(Br)cc(C(=O)C(CC(=O)N2CCC(N3Cc4ccccc4NC3=O)CC2)CN2CCC(c3ccncc3)CC2)cc1Br. The first-order chi connectivity index (χ1) is 21.8. The molecule has 3 amide bonds. The molecule has 3 aliphatic rings. The largest absolute Gasteiger partial charge is 0.397 e. The number of hydrogen-bond donors (Lipinski definition) is 2. The van der Waals surface area contributed by atoms with E-state index in [1.54, 1.807) is 12.1 Å². The van der Waals surface area contributed by atoms with Crippen molar-refractivity contribution in [1.29, 1.82) is 0 Å². The summed E-state index contributed by atoms with van der Waals surface area (Å²) >= 11 is 6.95. The molecule has 1 aromatic heterocycles. The monoisotopic (exact) mass is 736 g/mol. The lowest BCUT2D eigenvalue weighted by Crippen LogP contribution is -2.51. The predicted octanol–water partition coefficient (Wildman–Crippen LogP) is 6.30. The minimum absolute atomic E-state index is 0.0134. The maximum atomic E-state index is 14.0. The number of benzene rings is 2. The Morgan fingerprint density at radius 1 is 0.956 bits per heavy atom. The number of amides is 3. The van der Waals surface area contributed by atoms with Gasteiger partial charge in [-0.3, -0.25) is 14.6 Å². The zero-order valence-corrected chi connectivity index (χ0v) is 28.3. The summed E-state index contributed by atoms with van der Waals surface area (Å²) in [4.78, 5) is 50.8. The van der Waals surface area contributed by atoms with Gasteiger partial charge in [0.05, 0.1) is 5.69 Å². The predicted molar refractivity (Wildman–Crippen MR) is 182 cm³/mol. The fraction of sp³-hybridized carbons (Fsp3) is 0.412. The number of likely N-dealkylation sites (tertiary alicyclic amines) is 2. The highest BCUT2D eigenvalue weighted by atomic mass is 79.9. The van der Waals surface area contributed by atoms with Crippen LogP contribution in [0.3, 0.4) is 0 Å². The number of urea groups is 1. The van der Waals surface area contributed by atoms with Crippen LogP contribution >= 0.6 is 31.9 Å². The number of carbonyl (C=O) groups excluding carboxylic acids is 3. The summed E-state index contributed by atoms with van der Waals surface area (Å²) in [6, 6.07) is 15.5. The zero-order valence-electron chi connectivity index (χ0n) is 25.1. The molecule has 6 rings (SSSR count). The Morgan fingerprint density at radius 3 is 2.31 bits per heavy atom. The molecule has 236 valence electrons. The van der Waals surface area contributed by atoms with Crippen molar-refractivity contribution in [3.05, 3.63) is 86.6 Å². The number of Topliss-reactive ketones (excluding diaryl/α,β-unsaturated/α-hetero) is 1. The van der Waals surface area contributed by atoms with Crippen LogP contribution in [0.25, 0.3) is 0 Å². The Kier molecular flexibility index (Phi) is 9.87. The normalized spacial score (nSPS) is 18.8. The fourth-order valence-electron chi connectivity index (χ4n) is 6.88. The van der Waals surface area contributed by atoms with Crippen LogP contribution in [0.2, 0.25) is 0 Å². The van der Waals surface area contributed by atoms with Gasteiger partial charge in [0.25, 0.3) is 0 Å². The highest BCUT2D eigenvalue weighted by molar-refractivity contribution is 9.11. The van der Waals surface area contributed by atoms with E-state index in [4.69, 9.17) is 5.73 Å². The van der Waals surface area contributed by atoms with Crippen LogP contribution in [0.4, 0.5) is 16.2 Å². The maximum Gasteiger partial charge on any atom is 0.322 e. The Hall–Kier alpha value is -3.28. The van der Waals surface area contributed by atoms with Gasteiger partial charge in [0.2, 0.25) is 5.91 Å². The zero-order chi connectivity index (χ0) is 31.5. The lowest BCUT2D eigenvalue weighted by atomic mass is 9.88. The van der Waals surface area contributed by atoms with Gasteiger partial charge in [-0.05, 0) is 118 Å². The van der Waals surface area contributed by atoms with E-state index in [0.29, 0.717) is 65.1 Å². The van der Waals surface area contributed by atoms with Gasteiger partial charge in [0, 0.05) is 77.1 Å². The third kappa shape index (κ3) is 7.26. The van der Waals surface area contributed by atoms with Crippen LogP contribution in [0.5, 0.6) is 0 Å². The summed E-state index contributed by atoms with van der Waals surface area (Å²) in [5, 5.41) is 3.00. The van der Waals surface area contributed by atoms with E-state index in [-0.39, 0.29) is 30.2 Å². The number of ketones is 1. The Bertz CT molecular complexity index is 1530. The number of aromatic nitrogens is 1. The third-order valence-electron chi connectivity index (χ3n) is 9.52. The van der Waals surface area contributed by atoms with E-state index < -0.39 is 5.92 Å². The molecular weight excluding hydrogens is 700 g/mol. The molecule has 9 nitrogen and oxygen atoms in total. The molecule has 0 radical (unpaired) electrons. The summed E-state index contributed by atoms with van der Waals surface area (Å²) in [7, 11) is 0. The van der Waals surface area contributed by atoms with Crippen LogP contribution in [-0.4, -0.2) is 76.2 Å². The number of para-hydroxylation sites is 1. The van der Waals surface area contributed by atoms with E-state index in [2.05, 4.69) is 59.2 Å². The average Bonchev–Trinajstić information content (AvgIpc) is 3.06. The number of fused-ring (bicyclic) bond motifs is 1. The summed E-state index contributed by atoms with van der Waals surface area (Å²) in [5.41, 5.74) is 10.4. The highest BCUT2D eigenvalue weighted by Crippen LogP contribution is 2.33. The molecule has 2 aromatic carbocycles. The Morgan fingerprint density at radius 2 is 1.62 bits per heavy atom. The molecule has 0 bridgehead atoms. The summed E-state index contributed by atoms with van der Waals surface area (Å²) in [6.07, 6.45) is 7.24. The highest BCUT2D eigenvalue weighted by Gasteiger charge is 2.35. The number of nitrogens with one attached hydrogen (secondary N) is 1. The average molecular weight is 739 g/mol. The molecule has 0 saturated carbocycles. The van der Waals surface area contributed by atoms with Crippen molar-refractivity contribution >= 4 is 61.0 Å². The molecule has 0 spiro atoms. The lowest BCUT2D eigenvalue weighted by Gasteiger charge is -2.41. The van der Waals surface area contributed by atoms with Crippen LogP contribution < -0.4 is 11.1 Å². The second kappa shape index (κ2) is 14.0. The molecular formula is C34H38Br2N6O3. The maximum absolute atomic E-state index is 14.0. The summed E-state index contributed by atoms with van der Waals surface area (Å²) in [5.74, 6) is -0.0830. The number of pyridine rings is 1. The summed E-state index contributed by atoms with van der Waals surface area (Å²) in [6.45, 7) is 3.95. The van der Waals surface area contributed by atoms with Gasteiger partial charge in [-0.1, -0.05) is 18.2 Å². The first-order valence-electron chi connectivity index (χ1n) is 15.6. The Balaban J connectivity index is 1.11. The summed E-state index contributed by atoms with van der Waals surface area (Å²) < 4.78 is 1.30. The number of nitrogens with two attached hydrogens (primary N) is 1. The fourth-order valence-corrected chi connectivity index (χ4v) is 8.07. The van der Waals surface area contributed by atoms with Gasteiger partial charge in [-0.15, -0.1) is 0 Å². The van der Waals surface area contributed by atoms with Crippen LogP contribution in [0.15, 0.2) is 69.9 Å². The van der Waals surface area contributed by atoms with Crippen molar-refractivity contribution in [3.63, 3.8) is 0 Å². The molecule has 3 N–H and O–H groups in total. The smallest absolute Gasteiger partial charge is 0.322 e. The minimum atomic E-state index is -0.487. The van der Waals surface area contributed by atoms with Gasteiger partial charge >= 0.3 is 6.03 Å². The lowest BCUT2D eigenvalue weighted by molar-refractivity contribution is -0.133.